The Kier molecular flexibility index (Phi) is 2.96. The normalized spacial score (nSPS) is 16.7. The van der Waals surface area contributed by atoms with Crippen LogP contribution in [0, 0.1) is 6.92 Å². The van der Waals surface area contributed by atoms with Gasteiger partial charge in [-0.15, -0.1) is 11.3 Å². The molecule has 0 saturated carbocycles. The summed E-state index contributed by atoms with van der Waals surface area (Å²) >= 11 is 1.63. The van der Waals surface area contributed by atoms with Crippen LogP contribution in [0.3, 0.4) is 0 Å². The maximum atomic E-state index is 5.41. The van der Waals surface area contributed by atoms with E-state index in [4.69, 9.17) is 4.52 Å². The number of fused-ring (bicyclic) bond motifs is 1. The molecule has 1 aromatic carbocycles. The van der Waals surface area contributed by atoms with E-state index in [1.54, 1.807) is 11.3 Å². The smallest absolute Gasteiger partial charge is 0.249 e. The molecule has 1 atom stereocenters. The molecule has 6 heteroatoms. The van der Waals surface area contributed by atoms with Crippen LogP contribution in [0.1, 0.15) is 34.0 Å². The molecule has 106 valence electrons. The maximum Gasteiger partial charge on any atom is 0.249 e. The Morgan fingerprint density at radius 3 is 3.05 bits per heavy atom. The molecule has 0 amide bonds. The van der Waals surface area contributed by atoms with Gasteiger partial charge in [0.05, 0.1) is 6.42 Å². The summed E-state index contributed by atoms with van der Waals surface area (Å²) in [5.41, 5.74) is 3.47. The first kappa shape index (κ1) is 12.5. The van der Waals surface area contributed by atoms with Crippen molar-refractivity contribution in [2.75, 3.05) is 5.32 Å². The largest absolute Gasteiger partial charge is 0.373 e. The standard InChI is InChI=1S/C15H14N4OS/c1-9-8-21-14(16-9)7-13-18-15(20-19-13)12-6-10-4-2-3-5-11(10)17-12/h2-5,8,12,17H,6-7H2,1H3/t12-/m0/s1. The van der Waals surface area contributed by atoms with E-state index in [-0.39, 0.29) is 6.04 Å². The Morgan fingerprint density at radius 1 is 1.33 bits per heavy atom. The average Bonchev–Trinajstić information content (AvgIpc) is 3.18. The molecule has 1 aliphatic heterocycles. The van der Waals surface area contributed by atoms with E-state index in [1.165, 1.54) is 5.56 Å². The van der Waals surface area contributed by atoms with Gasteiger partial charge in [0, 0.05) is 23.2 Å². The Labute approximate surface area is 126 Å². The summed E-state index contributed by atoms with van der Waals surface area (Å²) < 4.78 is 5.41. The lowest BCUT2D eigenvalue weighted by atomic mass is 10.1. The summed E-state index contributed by atoms with van der Waals surface area (Å²) in [5.74, 6) is 1.34. The lowest BCUT2D eigenvalue weighted by Gasteiger charge is -2.04. The second-order valence-corrected chi connectivity index (χ2v) is 6.11. The number of aryl methyl sites for hydroxylation is 1. The number of nitrogens with zero attached hydrogens (tertiary/aromatic N) is 3. The second-order valence-electron chi connectivity index (χ2n) is 5.17. The highest BCUT2D eigenvalue weighted by Crippen LogP contribution is 2.33. The summed E-state index contributed by atoms with van der Waals surface area (Å²) in [4.78, 5) is 8.93. The molecular weight excluding hydrogens is 284 g/mol. The van der Waals surface area contributed by atoms with Crippen molar-refractivity contribution in [3.8, 4) is 0 Å². The zero-order valence-corrected chi connectivity index (χ0v) is 12.4. The zero-order valence-electron chi connectivity index (χ0n) is 11.5. The van der Waals surface area contributed by atoms with Crippen LogP contribution >= 0.6 is 11.3 Å². The lowest BCUT2D eigenvalue weighted by Crippen LogP contribution is -2.06. The van der Waals surface area contributed by atoms with E-state index in [9.17, 15) is 0 Å². The molecule has 0 aliphatic carbocycles. The first-order chi connectivity index (χ1) is 10.3. The first-order valence-corrected chi connectivity index (χ1v) is 7.74. The summed E-state index contributed by atoms with van der Waals surface area (Å²) in [6.45, 7) is 1.99. The van der Waals surface area contributed by atoms with Crippen molar-refractivity contribution < 1.29 is 4.52 Å². The quantitative estimate of drug-likeness (QED) is 0.805. The Balaban J connectivity index is 1.51. The molecule has 0 unspecified atom stereocenters. The van der Waals surface area contributed by atoms with Crippen molar-refractivity contribution in [2.24, 2.45) is 0 Å². The number of thiazole rings is 1. The summed E-state index contributed by atoms with van der Waals surface area (Å²) in [6.07, 6.45) is 1.51. The highest BCUT2D eigenvalue weighted by molar-refractivity contribution is 7.09. The predicted octanol–water partition coefficient (Wildman–Crippen LogP) is 3.13. The van der Waals surface area contributed by atoms with Gasteiger partial charge >= 0.3 is 0 Å². The monoisotopic (exact) mass is 298 g/mol. The number of benzene rings is 1. The van der Waals surface area contributed by atoms with Crippen molar-refractivity contribution in [2.45, 2.75) is 25.8 Å². The van der Waals surface area contributed by atoms with E-state index in [1.807, 2.05) is 24.4 Å². The van der Waals surface area contributed by atoms with Gasteiger partial charge in [-0.3, -0.25) is 0 Å². The van der Waals surface area contributed by atoms with Crippen LogP contribution in [0.4, 0.5) is 5.69 Å². The van der Waals surface area contributed by atoms with Gasteiger partial charge in [0.25, 0.3) is 0 Å². The molecule has 0 radical (unpaired) electrons. The lowest BCUT2D eigenvalue weighted by molar-refractivity contribution is 0.360. The van der Waals surface area contributed by atoms with Crippen molar-refractivity contribution in [1.29, 1.82) is 0 Å². The van der Waals surface area contributed by atoms with E-state index in [0.717, 1.165) is 22.8 Å². The van der Waals surface area contributed by atoms with Gasteiger partial charge in [0.2, 0.25) is 5.89 Å². The van der Waals surface area contributed by atoms with Crippen molar-refractivity contribution in [1.82, 2.24) is 15.1 Å². The number of hydrogen-bond acceptors (Lipinski definition) is 6. The fraction of sp³-hybridized carbons (Fsp3) is 0.267. The number of para-hydroxylation sites is 1. The molecule has 0 fully saturated rings. The van der Waals surface area contributed by atoms with Crippen molar-refractivity contribution in [3.05, 3.63) is 57.6 Å². The number of nitrogens with one attached hydrogen (secondary N) is 1. The minimum atomic E-state index is 0.0710. The van der Waals surface area contributed by atoms with E-state index < -0.39 is 0 Å². The Hall–Kier alpha value is -2.21. The van der Waals surface area contributed by atoms with Crippen LogP contribution < -0.4 is 5.32 Å². The molecule has 2 aromatic heterocycles. The van der Waals surface area contributed by atoms with Gasteiger partial charge in [0.15, 0.2) is 5.82 Å². The third kappa shape index (κ3) is 2.42. The second kappa shape index (κ2) is 4.96. The molecule has 0 saturated heterocycles. The van der Waals surface area contributed by atoms with E-state index in [2.05, 4.69) is 32.6 Å². The third-order valence-electron chi connectivity index (χ3n) is 3.53. The van der Waals surface area contributed by atoms with Crippen LogP contribution in [0.2, 0.25) is 0 Å². The number of rotatable bonds is 3. The first-order valence-electron chi connectivity index (χ1n) is 6.86. The number of aromatic nitrogens is 3. The Morgan fingerprint density at radius 2 is 2.24 bits per heavy atom. The van der Waals surface area contributed by atoms with Crippen LogP contribution in [0.5, 0.6) is 0 Å². The molecule has 21 heavy (non-hydrogen) atoms. The molecule has 0 bridgehead atoms. The Bertz CT molecular complexity index is 754. The highest BCUT2D eigenvalue weighted by atomic mass is 32.1. The van der Waals surface area contributed by atoms with Crippen LogP contribution in [-0.2, 0) is 12.8 Å². The third-order valence-corrected chi connectivity index (χ3v) is 4.50. The fourth-order valence-electron chi connectivity index (χ4n) is 2.55. The molecule has 0 spiro atoms. The summed E-state index contributed by atoms with van der Waals surface area (Å²) in [5, 5.41) is 10.5. The highest BCUT2D eigenvalue weighted by Gasteiger charge is 2.26. The minimum absolute atomic E-state index is 0.0710. The van der Waals surface area contributed by atoms with Gasteiger partial charge in [-0.1, -0.05) is 23.4 Å². The summed E-state index contributed by atoms with van der Waals surface area (Å²) in [6, 6.07) is 8.34. The van der Waals surface area contributed by atoms with Crippen LogP contribution in [-0.4, -0.2) is 15.1 Å². The zero-order chi connectivity index (χ0) is 14.2. The van der Waals surface area contributed by atoms with Gasteiger partial charge < -0.3 is 9.84 Å². The van der Waals surface area contributed by atoms with Gasteiger partial charge in [-0.25, -0.2) is 4.98 Å². The fourth-order valence-corrected chi connectivity index (χ4v) is 3.32. The predicted molar refractivity (Wildman–Crippen MR) is 80.5 cm³/mol. The van der Waals surface area contributed by atoms with Crippen molar-refractivity contribution >= 4 is 17.0 Å². The van der Waals surface area contributed by atoms with Gasteiger partial charge in [-0.2, -0.15) is 4.98 Å². The van der Waals surface area contributed by atoms with Gasteiger partial charge in [0.1, 0.15) is 11.0 Å². The van der Waals surface area contributed by atoms with E-state index >= 15 is 0 Å². The average molecular weight is 298 g/mol. The molecule has 3 heterocycles. The molecule has 3 aromatic rings. The van der Waals surface area contributed by atoms with Crippen LogP contribution in [0.25, 0.3) is 0 Å². The van der Waals surface area contributed by atoms with Gasteiger partial charge in [-0.05, 0) is 18.6 Å². The molecule has 1 N–H and O–H groups in total. The minimum Gasteiger partial charge on any atom is -0.373 e. The van der Waals surface area contributed by atoms with Crippen LogP contribution in [0.15, 0.2) is 34.2 Å². The molecular formula is C15H14N4OS. The van der Waals surface area contributed by atoms with E-state index in [0.29, 0.717) is 18.1 Å². The SMILES string of the molecule is Cc1csc(Cc2noc([C@@H]3Cc4ccccc4N3)n2)n1. The maximum absolute atomic E-state index is 5.41. The summed E-state index contributed by atoms with van der Waals surface area (Å²) in [7, 11) is 0. The number of anilines is 1. The molecule has 5 nitrogen and oxygen atoms in total. The number of hydrogen-bond donors (Lipinski definition) is 1. The molecule has 4 rings (SSSR count). The topological polar surface area (TPSA) is 63.8 Å². The molecule has 1 aliphatic rings. The van der Waals surface area contributed by atoms with Crippen molar-refractivity contribution in [3.63, 3.8) is 0 Å².